The summed E-state index contributed by atoms with van der Waals surface area (Å²) in [7, 11) is 0. The summed E-state index contributed by atoms with van der Waals surface area (Å²) < 4.78 is 2.07. The SMILES string of the molecule is O=C(CSc1nncn1C1CC1)Nc1ccccc1Sc1ccccc1. The third-order valence-electron chi connectivity index (χ3n) is 3.94. The highest BCUT2D eigenvalue weighted by molar-refractivity contribution is 8.00. The van der Waals surface area contributed by atoms with Gasteiger partial charge in [0.15, 0.2) is 5.16 Å². The van der Waals surface area contributed by atoms with Crippen LogP contribution < -0.4 is 5.32 Å². The topological polar surface area (TPSA) is 59.8 Å². The number of nitrogens with one attached hydrogen (secondary N) is 1. The van der Waals surface area contributed by atoms with E-state index >= 15 is 0 Å². The Balaban J connectivity index is 1.39. The quantitative estimate of drug-likeness (QED) is 0.610. The maximum Gasteiger partial charge on any atom is 0.234 e. The Morgan fingerprint density at radius 3 is 2.69 bits per heavy atom. The molecule has 0 atom stereocenters. The van der Waals surface area contributed by atoms with Crippen LogP contribution in [0.3, 0.4) is 0 Å². The molecule has 132 valence electrons. The molecular formula is C19H18N4OS2. The highest BCUT2D eigenvalue weighted by Crippen LogP contribution is 2.37. The average molecular weight is 383 g/mol. The van der Waals surface area contributed by atoms with E-state index in [1.165, 1.54) is 24.6 Å². The summed E-state index contributed by atoms with van der Waals surface area (Å²) in [4.78, 5) is 14.6. The number of carbonyl (C=O) groups excluding carboxylic acids is 1. The number of benzene rings is 2. The van der Waals surface area contributed by atoms with Crippen molar-refractivity contribution in [1.82, 2.24) is 14.8 Å². The van der Waals surface area contributed by atoms with Crippen LogP contribution in [0.25, 0.3) is 0 Å². The molecule has 1 aliphatic carbocycles. The monoisotopic (exact) mass is 382 g/mol. The van der Waals surface area contributed by atoms with Gasteiger partial charge >= 0.3 is 0 Å². The lowest BCUT2D eigenvalue weighted by Gasteiger charge is -2.11. The zero-order valence-corrected chi connectivity index (χ0v) is 15.7. The Morgan fingerprint density at radius 1 is 1.12 bits per heavy atom. The van der Waals surface area contributed by atoms with Crippen LogP contribution in [0.2, 0.25) is 0 Å². The van der Waals surface area contributed by atoms with Gasteiger partial charge in [0.1, 0.15) is 6.33 Å². The Hall–Kier alpha value is -2.25. The summed E-state index contributed by atoms with van der Waals surface area (Å²) in [6.45, 7) is 0. The van der Waals surface area contributed by atoms with Crippen molar-refractivity contribution in [3.05, 3.63) is 60.9 Å². The molecule has 4 rings (SSSR count). The molecule has 1 fully saturated rings. The van der Waals surface area contributed by atoms with Gasteiger partial charge in [0.2, 0.25) is 5.91 Å². The van der Waals surface area contributed by atoms with E-state index in [-0.39, 0.29) is 5.91 Å². The molecule has 26 heavy (non-hydrogen) atoms. The molecule has 3 aromatic rings. The first-order valence-corrected chi connectivity index (χ1v) is 10.2. The molecule has 7 heteroatoms. The van der Waals surface area contributed by atoms with E-state index in [9.17, 15) is 4.79 Å². The molecule has 2 aromatic carbocycles. The van der Waals surface area contributed by atoms with Gasteiger partial charge in [-0.3, -0.25) is 4.79 Å². The number of thioether (sulfide) groups is 1. The van der Waals surface area contributed by atoms with Crippen LogP contribution in [-0.2, 0) is 4.79 Å². The Bertz CT molecular complexity index is 893. The summed E-state index contributed by atoms with van der Waals surface area (Å²) in [5.41, 5.74) is 0.829. The van der Waals surface area contributed by atoms with Crippen LogP contribution in [0.5, 0.6) is 0 Å². The van der Waals surface area contributed by atoms with Gasteiger partial charge in [-0.2, -0.15) is 0 Å². The molecule has 0 aliphatic heterocycles. The minimum absolute atomic E-state index is 0.0403. The van der Waals surface area contributed by atoms with Crippen LogP contribution in [0.4, 0.5) is 5.69 Å². The van der Waals surface area contributed by atoms with Crippen LogP contribution in [0.1, 0.15) is 18.9 Å². The second kappa shape index (κ2) is 7.97. The van der Waals surface area contributed by atoms with E-state index in [1.54, 1.807) is 18.1 Å². The molecule has 0 radical (unpaired) electrons. The van der Waals surface area contributed by atoms with E-state index in [4.69, 9.17) is 0 Å². The molecule has 5 nitrogen and oxygen atoms in total. The lowest BCUT2D eigenvalue weighted by atomic mass is 10.3. The zero-order valence-electron chi connectivity index (χ0n) is 14.0. The largest absolute Gasteiger partial charge is 0.324 e. The van der Waals surface area contributed by atoms with Crippen molar-refractivity contribution < 1.29 is 4.79 Å². The third kappa shape index (κ3) is 4.28. The van der Waals surface area contributed by atoms with Gasteiger partial charge in [-0.1, -0.05) is 53.9 Å². The van der Waals surface area contributed by atoms with Crippen molar-refractivity contribution in [2.45, 2.75) is 33.8 Å². The second-order valence-corrected chi connectivity index (χ2v) is 8.06. The van der Waals surface area contributed by atoms with Crippen molar-refractivity contribution in [2.75, 3.05) is 11.1 Å². The van der Waals surface area contributed by atoms with Crippen LogP contribution in [0.15, 0.2) is 75.9 Å². The molecule has 0 spiro atoms. The van der Waals surface area contributed by atoms with Gasteiger partial charge in [-0.15, -0.1) is 10.2 Å². The van der Waals surface area contributed by atoms with Gasteiger partial charge in [0, 0.05) is 15.8 Å². The Kier molecular flexibility index (Phi) is 5.26. The molecular weight excluding hydrogens is 364 g/mol. The second-order valence-electron chi connectivity index (χ2n) is 6.00. The number of amides is 1. The minimum atomic E-state index is -0.0403. The van der Waals surface area contributed by atoms with Crippen molar-refractivity contribution >= 4 is 35.1 Å². The lowest BCUT2D eigenvalue weighted by molar-refractivity contribution is -0.113. The number of anilines is 1. The molecule has 1 aliphatic rings. The standard InChI is InChI=1S/C19H18N4OS2/c24-18(12-25-19-22-20-13-23(19)14-10-11-14)21-16-8-4-5-9-17(16)26-15-6-2-1-3-7-15/h1-9,13-14H,10-12H2,(H,21,24). The minimum Gasteiger partial charge on any atom is -0.324 e. The number of nitrogens with zero attached hydrogens (tertiary/aromatic N) is 3. The average Bonchev–Trinajstić information content (AvgIpc) is 3.40. The number of hydrogen-bond acceptors (Lipinski definition) is 5. The molecule has 0 saturated heterocycles. The molecule has 1 heterocycles. The summed E-state index contributed by atoms with van der Waals surface area (Å²) in [5, 5.41) is 11.9. The van der Waals surface area contributed by atoms with Gasteiger partial charge in [-0.25, -0.2) is 0 Å². The predicted octanol–water partition coefficient (Wildman–Crippen LogP) is 4.50. The Morgan fingerprint density at radius 2 is 1.88 bits per heavy atom. The predicted molar refractivity (Wildman–Crippen MR) is 105 cm³/mol. The van der Waals surface area contributed by atoms with Crippen molar-refractivity contribution in [3.8, 4) is 0 Å². The first-order valence-electron chi connectivity index (χ1n) is 8.44. The van der Waals surface area contributed by atoms with Gasteiger partial charge < -0.3 is 9.88 Å². The third-order valence-corrected chi connectivity index (χ3v) is 5.99. The number of hydrogen-bond donors (Lipinski definition) is 1. The van der Waals surface area contributed by atoms with Gasteiger partial charge in [0.05, 0.1) is 11.4 Å². The van der Waals surface area contributed by atoms with E-state index in [0.717, 1.165) is 20.6 Å². The first kappa shape index (κ1) is 17.2. The Labute approximate surface area is 160 Å². The lowest BCUT2D eigenvalue weighted by Crippen LogP contribution is -2.15. The van der Waals surface area contributed by atoms with Crippen molar-refractivity contribution in [2.24, 2.45) is 0 Å². The van der Waals surface area contributed by atoms with Crippen LogP contribution >= 0.6 is 23.5 Å². The molecule has 1 aromatic heterocycles. The van der Waals surface area contributed by atoms with Gasteiger partial charge in [0.25, 0.3) is 0 Å². The van der Waals surface area contributed by atoms with Crippen LogP contribution in [-0.4, -0.2) is 26.4 Å². The highest BCUT2D eigenvalue weighted by Gasteiger charge is 2.26. The first-order chi connectivity index (χ1) is 12.8. The van der Waals surface area contributed by atoms with Crippen LogP contribution in [0, 0.1) is 0 Å². The van der Waals surface area contributed by atoms with E-state index < -0.39 is 0 Å². The van der Waals surface area contributed by atoms with Gasteiger partial charge in [-0.05, 0) is 37.1 Å². The number of rotatable bonds is 7. The summed E-state index contributed by atoms with van der Waals surface area (Å²) in [6.07, 6.45) is 4.09. The number of aromatic nitrogens is 3. The summed E-state index contributed by atoms with van der Waals surface area (Å²) in [5.74, 6) is 0.275. The molecule has 1 amide bonds. The normalized spacial score (nSPS) is 13.5. The fourth-order valence-corrected chi connectivity index (χ4v) is 4.23. The molecule has 0 unspecified atom stereocenters. The van der Waals surface area contributed by atoms with Crippen molar-refractivity contribution in [3.63, 3.8) is 0 Å². The zero-order chi connectivity index (χ0) is 17.8. The maximum absolute atomic E-state index is 12.4. The van der Waals surface area contributed by atoms with E-state index in [1.807, 2.05) is 42.5 Å². The maximum atomic E-state index is 12.4. The van der Waals surface area contributed by atoms with E-state index in [0.29, 0.717) is 11.8 Å². The fraction of sp³-hybridized carbons (Fsp3) is 0.211. The molecule has 1 saturated carbocycles. The summed E-state index contributed by atoms with van der Waals surface area (Å²) in [6, 6.07) is 18.5. The highest BCUT2D eigenvalue weighted by atomic mass is 32.2. The molecule has 1 N–H and O–H groups in total. The summed E-state index contributed by atoms with van der Waals surface area (Å²) >= 11 is 3.07. The van der Waals surface area contributed by atoms with Crippen molar-refractivity contribution in [1.29, 1.82) is 0 Å². The van der Waals surface area contributed by atoms with E-state index in [2.05, 4.69) is 32.2 Å². The number of carbonyl (C=O) groups is 1. The smallest absolute Gasteiger partial charge is 0.234 e. The fourth-order valence-electron chi connectivity index (χ4n) is 2.53. The number of para-hydroxylation sites is 1. The molecule has 0 bridgehead atoms.